The van der Waals surface area contributed by atoms with Crippen LogP contribution in [-0.4, -0.2) is 17.1 Å². The van der Waals surface area contributed by atoms with Crippen LogP contribution in [0, 0.1) is 5.82 Å². The highest BCUT2D eigenvalue weighted by atomic mass is 19.3. The molecule has 1 aliphatic rings. The average molecular weight is 337 g/mol. The molecule has 0 aromatic heterocycles. The van der Waals surface area contributed by atoms with E-state index in [1.165, 1.54) is 49.4 Å². The van der Waals surface area contributed by atoms with E-state index in [-0.39, 0.29) is 23.5 Å². The normalized spacial score (nSPS) is 17.2. The maximum Gasteiger partial charge on any atom is 0.483 e. The Balaban J connectivity index is 2.09. The summed E-state index contributed by atoms with van der Waals surface area (Å²) < 4.78 is 45.9. The van der Waals surface area contributed by atoms with Gasteiger partial charge in [-0.25, -0.2) is 4.39 Å². The first-order valence-electron chi connectivity index (χ1n) is 7.24. The standard InChI is InChI=1S/C17H14F3NO3/c1-10(22)13-6-3-7-14-15(13)24-17(19,20)16(23)21(14)9-11-4-2-5-12(18)8-11/h2-8,10,22H,9H2,1H3. The summed E-state index contributed by atoms with van der Waals surface area (Å²) in [5.74, 6) is -2.33. The number of hydrogen-bond donors (Lipinski definition) is 1. The second-order valence-electron chi connectivity index (χ2n) is 5.51. The van der Waals surface area contributed by atoms with E-state index in [1.807, 2.05) is 0 Å². The summed E-state index contributed by atoms with van der Waals surface area (Å²) in [5.41, 5.74) is 0.604. The van der Waals surface area contributed by atoms with Gasteiger partial charge < -0.3 is 9.84 Å². The summed E-state index contributed by atoms with van der Waals surface area (Å²) in [6.45, 7) is 1.16. The molecular formula is C17H14F3NO3. The van der Waals surface area contributed by atoms with Crippen molar-refractivity contribution >= 4 is 11.6 Å². The van der Waals surface area contributed by atoms with Crippen LogP contribution in [0.15, 0.2) is 42.5 Å². The minimum Gasteiger partial charge on any atom is -0.423 e. The maximum atomic E-state index is 14.0. The highest BCUT2D eigenvalue weighted by molar-refractivity contribution is 6.01. The molecule has 0 saturated heterocycles. The van der Waals surface area contributed by atoms with Crippen LogP contribution in [0.25, 0.3) is 0 Å². The number of rotatable bonds is 3. The summed E-state index contributed by atoms with van der Waals surface area (Å²) in [6.07, 6.45) is -5.12. The molecule has 0 aliphatic carbocycles. The van der Waals surface area contributed by atoms with E-state index in [0.717, 1.165) is 4.90 Å². The number of nitrogens with zero attached hydrogens (tertiary/aromatic N) is 1. The van der Waals surface area contributed by atoms with Gasteiger partial charge in [-0.1, -0.05) is 24.3 Å². The third-order valence-corrected chi connectivity index (χ3v) is 3.72. The minimum atomic E-state index is -4.06. The summed E-state index contributed by atoms with van der Waals surface area (Å²) in [5, 5.41) is 9.75. The second kappa shape index (κ2) is 5.83. The van der Waals surface area contributed by atoms with Crippen LogP contribution in [0.1, 0.15) is 24.2 Å². The van der Waals surface area contributed by atoms with Crippen molar-refractivity contribution in [2.24, 2.45) is 0 Å². The zero-order valence-corrected chi connectivity index (χ0v) is 12.7. The van der Waals surface area contributed by atoms with Crippen molar-refractivity contribution < 1.29 is 27.8 Å². The number of ether oxygens (including phenoxy) is 1. The van der Waals surface area contributed by atoms with Crippen molar-refractivity contribution in [3.8, 4) is 5.75 Å². The molecule has 1 heterocycles. The van der Waals surface area contributed by atoms with Crippen LogP contribution in [-0.2, 0) is 11.3 Å². The SMILES string of the molecule is CC(O)c1cccc2c1OC(F)(F)C(=O)N2Cc1cccc(F)c1. The predicted octanol–water partition coefficient (Wildman–Crippen LogP) is 3.40. The Hall–Kier alpha value is -2.54. The highest BCUT2D eigenvalue weighted by Crippen LogP contribution is 2.44. The number of para-hydroxylation sites is 1. The number of fused-ring (bicyclic) bond motifs is 1. The van der Waals surface area contributed by atoms with Crippen molar-refractivity contribution in [2.45, 2.75) is 25.7 Å². The Morgan fingerprint density at radius 2 is 1.96 bits per heavy atom. The molecule has 2 aromatic rings. The van der Waals surface area contributed by atoms with Crippen LogP contribution in [0.3, 0.4) is 0 Å². The summed E-state index contributed by atoms with van der Waals surface area (Å²) in [4.78, 5) is 12.9. The fourth-order valence-corrected chi connectivity index (χ4v) is 2.61. The monoisotopic (exact) mass is 337 g/mol. The third-order valence-electron chi connectivity index (χ3n) is 3.72. The lowest BCUT2D eigenvalue weighted by Crippen LogP contribution is -2.50. The molecule has 126 valence electrons. The van der Waals surface area contributed by atoms with E-state index in [0.29, 0.717) is 5.56 Å². The molecule has 2 aromatic carbocycles. The molecule has 1 atom stereocenters. The predicted molar refractivity (Wildman–Crippen MR) is 80.2 cm³/mol. The molecular weight excluding hydrogens is 323 g/mol. The zero-order valence-electron chi connectivity index (χ0n) is 12.7. The van der Waals surface area contributed by atoms with Crippen molar-refractivity contribution in [3.63, 3.8) is 0 Å². The third kappa shape index (κ3) is 2.82. The van der Waals surface area contributed by atoms with Crippen LogP contribution < -0.4 is 9.64 Å². The molecule has 1 amide bonds. The van der Waals surface area contributed by atoms with E-state index in [9.17, 15) is 23.1 Å². The van der Waals surface area contributed by atoms with Crippen molar-refractivity contribution in [2.75, 3.05) is 4.90 Å². The first-order chi connectivity index (χ1) is 11.3. The zero-order chi connectivity index (χ0) is 17.5. The fourth-order valence-electron chi connectivity index (χ4n) is 2.61. The number of carbonyl (C=O) groups excluding carboxylic acids is 1. The lowest BCUT2D eigenvalue weighted by Gasteiger charge is -2.35. The van der Waals surface area contributed by atoms with Crippen molar-refractivity contribution in [3.05, 3.63) is 59.4 Å². The van der Waals surface area contributed by atoms with Crippen molar-refractivity contribution in [1.82, 2.24) is 0 Å². The highest BCUT2D eigenvalue weighted by Gasteiger charge is 2.51. The summed E-state index contributed by atoms with van der Waals surface area (Å²) in [6, 6.07) is 9.75. The van der Waals surface area contributed by atoms with Crippen molar-refractivity contribution in [1.29, 1.82) is 0 Å². The number of aliphatic hydroxyl groups is 1. The number of amides is 1. The van der Waals surface area contributed by atoms with Gasteiger partial charge in [0.25, 0.3) is 0 Å². The van der Waals surface area contributed by atoms with Gasteiger partial charge in [0.1, 0.15) is 5.82 Å². The van der Waals surface area contributed by atoms with Gasteiger partial charge in [0.2, 0.25) is 0 Å². The topological polar surface area (TPSA) is 49.8 Å². The van der Waals surface area contributed by atoms with Gasteiger partial charge in [-0.3, -0.25) is 9.69 Å². The van der Waals surface area contributed by atoms with Gasteiger partial charge in [-0.15, -0.1) is 0 Å². The Morgan fingerprint density at radius 3 is 2.62 bits per heavy atom. The summed E-state index contributed by atoms with van der Waals surface area (Å²) in [7, 11) is 0. The lowest BCUT2D eigenvalue weighted by molar-refractivity contribution is -0.193. The molecule has 1 unspecified atom stereocenters. The Bertz CT molecular complexity index is 792. The van der Waals surface area contributed by atoms with Crippen LogP contribution in [0.2, 0.25) is 0 Å². The Morgan fingerprint density at radius 1 is 1.25 bits per heavy atom. The molecule has 1 aliphatic heterocycles. The van der Waals surface area contributed by atoms with E-state index in [1.54, 1.807) is 0 Å². The van der Waals surface area contributed by atoms with Crippen LogP contribution in [0.5, 0.6) is 5.75 Å². The quantitative estimate of drug-likeness (QED) is 0.934. The van der Waals surface area contributed by atoms with Gasteiger partial charge in [0, 0.05) is 5.56 Å². The molecule has 3 rings (SSSR count). The fraction of sp³-hybridized carbons (Fsp3) is 0.235. The van der Waals surface area contributed by atoms with Gasteiger partial charge in [-0.2, -0.15) is 8.78 Å². The van der Waals surface area contributed by atoms with Gasteiger partial charge in [-0.05, 0) is 30.7 Å². The number of alkyl halides is 2. The van der Waals surface area contributed by atoms with Crippen LogP contribution in [0.4, 0.5) is 18.9 Å². The smallest absolute Gasteiger partial charge is 0.423 e. The van der Waals surface area contributed by atoms with E-state index in [2.05, 4.69) is 4.74 Å². The Kier molecular flexibility index (Phi) is 3.96. The first kappa shape index (κ1) is 16.3. The molecule has 0 saturated carbocycles. The van der Waals surface area contributed by atoms with Gasteiger partial charge in [0.05, 0.1) is 18.3 Å². The lowest BCUT2D eigenvalue weighted by atomic mass is 10.1. The molecule has 0 fully saturated rings. The van der Waals surface area contributed by atoms with E-state index >= 15 is 0 Å². The molecule has 24 heavy (non-hydrogen) atoms. The number of aliphatic hydroxyl groups excluding tert-OH is 1. The van der Waals surface area contributed by atoms with Gasteiger partial charge >= 0.3 is 12.0 Å². The molecule has 1 N–H and O–H groups in total. The minimum absolute atomic E-state index is 0.105. The number of benzene rings is 2. The Labute approximate surface area is 136 Å². The number of hydrogen-bond acceptors (Lipinski definition) is 3. The summed E-state index contributed by atoms with van der Waals surface area (Å²) >= 11 is 0. The maximum absolute atomic E-state index is 14.0. The second-order valence-corrected chi connectivity index (χ2v) is 5.51. The number of halogens is 3. The van der Waals surface area contributed by atoms with Gasteiger partial charge in [0.15, 0.2) is 5.75 Å². The molecule has 4 nitrogen and oxygen atoms in total. The number of anilines is 1. The number of carbonyl (C=O) groups is 1. The molecule has 7 heteroatoms. The van der Waals surface area contributed by atoms with E-state index < -0.39 is 23.9 Å². The molecule has 0 radical (unpaired) electrons. The first-order valence-corrected chi connectivity index (χ1v) is 7.24. The van der Waals surface area contributed by atoms with Crippen LogP contribution >= 0.6 is 0 Å². The van der Waals surface area contributed by atoms with E-state index in [4.69, 9.17) is 0 Å². The molecule has 0 bridgehead atoms. The average Bonchev–Trinajstić information content (AvgIpc) is 2.51. The molecule has 0 spiro atoms. The largest absolute Gasteiger partial charge is 0.483 e.